The van der Waals surface area contributed by atoms with Crippen molar-refractivity contribution in [2.75, 3.05) is 12.8 Å². The first-order chi connectivity index (χ1) is 8.11. The molecule has 0 aliphatic rings. The van der Waals surface area contributed by atoms with Crippen molar-refractivity contribution in [1.29, 1.82) is 0 Å². The summed E-state index contributed by atoms with van der Waals surface area (Å²) in [5.41, 5.74) is 6.83. The van der Waals surface area contributed by atoms with Crippen LogP contribution in [0.25, 0.3) is 10.0 Å². The molecule has 17 heavy (non-hydrogen) atoms. The summed E-state index contributed by atoms with van der Waals surface area (Å²) in [6.07, 6.45) is 0. The number of methoxy groups -OCH3 is 1. The summed E-state index contributed by atoms with van der Waals surface area (Å²) in [6, 6.07) is 9.09. The van der Waals surface area contributed by atoms with Crippen LogP contribution in [-0.4, -0.2) is 26.5 Å². The first-order valence-electron chi connectivity index (χ1n) is 4.80. The number of nitro groups is 1. The normalized spacial score (nSPS) is 10.2. The molecule has 0 saturated carbocycles. The second-order valence-electron chi connectivity index (χ2n) is 3.36. The molecule has 0 bridgehead atoms. The van der Waals surface area contributed by atoms with E-state index in [1.165, 1.54) is 0 Å². The Balaban J connectivity index is 2.39. The van der Waals surface area contributed by atoms with Crippen LogP contribution in [-0.2, 0) is 0 Å². The molecule has 0 atom stereocenters. The standard InChI is InChI=1S/C11H10N2O3Se/c1-16-8-4-2-7(3-5-8)10-6-9(12)11(17-10)13(14)15/h2-6H,12H2,1H3. The molecule has 2 aromatic rings. The molecule has 0 saturated heterocycles. The maximum atomic E-state index is 10.7. The monoisotopic (exact) mass is 298 g/mol. The fraction of sp³-hybridized carbons (Fsp3) is 0.0909. The summed E-state index contributed by atoms with van der Waals surface area (Å²) in [7, 11) is 1.60. The third-order valence-corrected chi connectivity index (χ3v) is 4.70. The summed E-state index contributed by atoms with van der Waals surface area (Å²) in [6.45, 7) is 0. The van der Waals surface area contributed by atoms with Crippen molar-refractivity contribution in [2.24, 2.45) is 0 Å². The van der Waals surface area contributed by atoms with Gasteiger partial charge < -0.3 is 0 Å². The second kappa shape index (κ2) is 4.61. The zero-order valence-corrected chi connectivity index (χ0v) is 10.8. The van der Waals surface area contributed by atoms with Crippen LogP contribution >= 0.6 is 0 Å². The van der Waals surface area contributed by atoms with Gasteiger partial charge in [0.15, 0.2) is 0 Å². The van der Waals surface area contributed by atoms with Crippen LogP contribution in [0.1, 0.15) is 0 Å². The zero-order chi connectivity index (χ0) is 12.4. The van der Waals surface area contributed by atoms with Crippen molar-refractivity contribution in [2.45, 2.75) is 0 Å². The molecule has 1 aromatic carbocycles. The number of rotatable bonds is 3. The van der Waals surface area contributed by atoms with Gasteiger partial charge in [-0.1, -0.05) is 0 Å². The van der Waals surface area contributed by atoms with E-state index in [-0.39, 0.29) is 24.8 Å². The molecule has 88 valence electrons. The molecule has 1 heterocycles. The number of nitrogens with zero attached hydrogens (tertiary/aromatic N) is 1. The summed E-state index contributed by atoms with van der Waals surface area (Å²) >= 11 is -0.331. The number of nitrogen functional groups attached to an aromatic ring is 1. The SMILES string of the molecule is COc1ccc(-c2cc(N)c([N+](=O)[O-])[se]2)cc1. The quantitative estimate of drug-likeness (QED) is 0.533. The summed E-state index contributed by atoms with van der Waals surface area (Å²) < 4.78 is 6.10. The number of hydrogen-bond donors (Lipinski definition) is 1. The first kappa shape index (κ1) is 11.7. The van der Waals surface area contributed by atoms with Gasteiger partial charge in [-0.25, -0.2) is 0 Å². The van der Waals surface area contributed by atoms with Crippen LogP contribution in [0.5, 0.6) is 5.75 Å². The minimum atomic E-state index is -0.400. The van der Waals surface area contributed by atoms with E-state index < -0.39 is 4.92 Å². The predicted octanol–water partition coefficient (Wildman–Crippen LogP) is 1.91. The summed E-state index contributed by atoms with van der Waals surface area (Å²) in [5.74, 6) is 0.760. The van der Waals surface area contributed by atoms with Crippen LogP contribution in [0, 0.1) is 10.1 Å². The molecule has 2 rings (SSSR count). The molecule has 0 amide bonds. The van der Waals surface area contributed by atoms with Crippen molar-refractivity contribution in [3.63, 3.8) is 0 Å². The van der Waals surface area contributed by atoms with Crippen LogP contribution in [0.15, 0.2) is 30.3 Å². The van der Waals surface area contributed by atoms with E-state index in [9.17, 15) is 10.1 Å². The van der Waals surface area contributed by atoms with E-state index in [4.69, 9.17) is 10.5 Å². The zero-order valence-electron chi connectivity index (χ0n) is 9.04. The third kappa shape index (κ3) is 2.32. The minimum absolute atomic E-state index is 0.128. The van der Waals surface area contributed by atoms with Crippen molar-refractivity contribution >= 4 is 24.8 Å². The molecule has 2 N–H and O–H groups in total. The number of benzene rings is 1. The van der Waals surface area contributed by atoms with E-state index in [1.54, 1.807) is 13.2 Å². The van der Waals surface area contributed by atoms with Crippen LogP contribution < -0.4 is 10.5 Å². The van der Waals surface area contributed by atoms with Crippen molar-refractivity contribution in [1.82, 2.24) is 0 Å². The molecule has 0 radical (unpaired) electrons. The molecule has 5 nitrogen and oxygen atoms in total. The molecule has 0 fully saturated rings. The van der Waals surface area contributed by atoms with Crippen molar-refractivity contribution in [3.05, 3.63) is 40.4 Å². The third-order valence-electron chi connectivity index (χ3n) is 2.28. The molecule has 0 aliphatic heterocycles. The Kier molecular flexibility index (Phi) is 3.17. The Morgan fingerprint density at radius 2 is 2.00 bits per heavy atom. The van der Waals surface area contributed by atoms with Crippen LogP contribution in [0.2, 0.25) is 0 Å². The number of nitrogens with two attached hydrogens (primary N) is 1. The van der Waals surface area contributed by atoms with Crippen molar-refractivity contribution in [3.8, 4) is 15.8 Å². The van der Waals surface area contributed by atoms with Crippen molar-refractivity contribution < 1.29 is 9.66 Å². The van der Waals surface area contributed by atoms with Gasteiger partial charge in [-0.2, -0.15) is 0 Å². The molecule has 0 unspecified atom stereocenters. The van der Waals surface area contributed by atoms with Gasteiger partial charge in [0.2, 0.25) is 0 Å². The van der Waals surface area contributed by atoms with Gasteiger partial charge >= 0.3 is 103 Å². The molecule has 6 heteroatoms. The van der Waals surface area contributed by atoms with E-state index in [1.807, 2.05) is 24.3 Å². The summed E-state index contributed by atoms with van der Waals surface area (Å²) in [4.78, 5) is 10.3. The summed E-state index contributed by atoms with van der Waals surface area (Å²) in [5, 5.41) is 10.7. The van der Waals surface area contributed by atoms with Gasteiger partial charge in [0.25, 0.3) is 0 Å². The number of hydrogen-bond acceptors (Lipinski definition) is 4. The second-order valence-corrected chi connectivity index (χ2v) is 5.52. The Bertz CT molecular complexity index is 548. The molecule has 1 aromatic heterocycles. The van der Waals surface area contributed by atoms with Gasteiger partial charge in [0.05, 0.1) is 0 Å². The Morgan fingerprint density at radius 3 is 2.47 bits per heavy atom. The number of anilines is 1. The van der Waals surface area contributed by atoms with Gasteiger partial charge in [-0.05, 0) is 0 Å². The average Bonchev–Trinajstić information content (AvgIpc) is 2.71. The van der Waals surface area contributed by atoms with E-state index >= 15 is 0 Å². The average molecular weight is 297 g/mol. The maximum absolute atomic E-state index is 10.7. The molecular formula is C11H10N2O3Se. The fourth-order valence-corrected chi connectivity index (χ4v) is 3.32. The predicted molar refractivity (Wildman–Crippen MR) is 66.4 cm³/mol. The van der Waals surface area contributed by atoms with E-state index in [2.05, 4.69) is 0 Å². The molecule has 0 aliphatic carbocycles. The van der Waals surface area contributed by atoms with Crippen LogP contribution in [0.3, 0.4) is 0 Å². The molecular weight excluding hydrogens is 287 g/mol. The van der Waals surface area contributed by atoms with E-state index in [0.29, 0.717) is 0 Å². The van der Waals surface area contributed by atoms with Gasteiger partial charge in [-0.15, -0.1) is 0 Å². The van der Waals surface area contributed by atoms with E-state index in [0.717, 1.165) is 15.8 Å². The van der Waals surface area contributed by atoms with Crippen LogP contribution in [0.4, 0.5) is 10.2 Å². The van der Waals surface area contributed by atoms with Gasteiger partial charge in [0, 0.05) is 0 Å². The topological polar surface area (TPSA) is 78.4 Å². The first-order valence-corrected chi connectivity index (χ1v) is 6.51. The van der Waals surface area contributed by atoms with Gasteiger partial charge in [-0.3, -0.25) is 0 Å². The number of ether oxygens (including phenoxy) is 1. The fourth-order valence-electron chi connectivity index (χ4n) is 1.44. The Morgan fingerprint density at radius 1 is 1.35 bits per heavy atom. The molecule has 0 spiro atoms. The Hall–Kier alpha value is -1.78. The van der Waals surface area contributed by atoms with Gasteiger partial charge in [0.1, 0.15) is 0 Å². The Labute approximate surface area is 104 Å².